The van der Waals surface area contributed by atoms with Crippen molar-refractivity contribution in [1.82, 2.24) is 14.9 Å². The lowest BCUT2D eigenvalue weighted by Gasteiger charge is -2.08. The Morgan fingerprint density at radius 3 is 3.00 bits per heavy atom. The molecule has 1 rings (SSSR count). The second kappa shape index (κ2) is 5.92. The Morgan fingerprint density at radius 2 is 2.41 bits per heavy atom. The van der Waals surface area contributed by atoms with E-state index in [2.05, 4.69) is 10.3 Å². The molecule has 1 heterocycles. The first kappa shape index (κ1) is 13.1. The molecule has 1 atom stereocenters. The standard InChI is InChI=1S/C8H12N4O5/c13-5-6(14)3-10-7(15)4-11-2-1-9-8(11)12(16)17/h1-2,6,13-14H,3-5H2,(H,10,15). The first-order valence-electron chi connectivity index (χ1n) is 4.75. The van der Waals surface area contributed by atoms with Gasteiger partial charge in [-0.2, -0.15) is 0 Å². The van der Waals surface area contributed by atoms with Crippen molar-refractivity contribution in [1.29, 1.82) is 0 Å². The monoisotopic (exact) mass is 244 g/mol. The fourth-order valence-electron chi connectivity index (χ4n) is 1.10. The Bertz CT molecular complexity index is 404. The van der Waals surface area contributed by atoms with E-state index in [1.165, 1.54) is 12.4 Å². The lowest BCUT2D eigenvalue weighted by Crippen LogP contribution is -2.35. The van der Waals surface area contributed by atoms with Crippen molar-refractivity contribution in [2.75, 3.05) is 13.2 Å². The van der Waals surface area contributed by atoms with Crippen LogP contribution in [0.1, 0.15) is 0 Å². The highest BCUT2D eigenvalue weighted by atomic mass is 16.6. The molecule has 0 aliphatic rings. The van der Waals surface area contributed by atoms with Gasteiger partial charge < -0.3 is 25.6 Å². The highest BCUT2D eigenvalue weighted by Crippen LogP contribution is 2.06. The van der Waals surface area contributed by atoms with Crippen LogP contribution in [0.5, 0.6) is 0 Å². The van der Waals surface area contributed by atoms with E-state index >= 15 is 0 Å². The zero-order valence-electron chi connectivity index (χ0n) is 8.81. The summed E-state index contributed by atoms with van der Waals surface area (Å²) in [5.74, 6) is -0.943. The maximum Gasteiger partial charge on any atom is 0.435 e. The van der Waals surface area contributed by atoms with Gasteiger partial charge in [0.1, 0.15) is 12.4 Å². The lowest BCUT2D eigenvalue weighted by molar-refractivity contribution is -0.396. The van der Waals surface area contributed by atoms with E-state index in [0.29, 0.717) is 0 Å². The zero-order valence-corrected chi connectivity index (χ0v) is 8.81. The van der Waals surface area contributed by atoms with Gasteiger partial charge in [-0.3, -0.25) is 4.79 Å². The summed E-state index contributed by atoms with van der Waals surface area (Å²) in [7, 11) is 0. The summed E-state index contributed by atoms with van der Waals surface area (Å²) in [6.07, 6.45) is 1.48. The Labute approximate surface area is 95.8 Å². The largest absolute Gasteiger partial charge is 0.435 e. The third kappa shape index (κ3) is 3.81. The van der Waals surface area contributed by atoms with Crippen molar-refractivity contribution in [2.45, 2.75) is 12.6 Å². The molecule has 0 aliphatic carbocycles. The number of rotatable bonds is 6. The van der Waals surface area contributed by atoms with E-state index in [4.69, 9.17) is 10.2 Å². The number of carbonyl (C=O) groups excluding carboxylic acids is 1. The van der Waals surface area contributed by atoms with E-state index in [9.17, 15) is 14.9 Å². The van der Waals surface area contributed by atoms with Crippen LogP contribution in [0.15, 0.2) is 12.4 Å². The number of carbonyl (C=O) groups is 1. The number of amides is 1. The molecule has 1 aromatic rings. The van der Waals surface area contributed by atoms with E-state index in [0.717, 1.165) is 4.57 Å². The number of nitro groups is 1. The molecule has 0 bridgehead atoms. The maximum absolute atomic E-state index is 11.3. The number of nitrogens with one attached hydrogen (secondary N) is 1. The summed E-state index contributed by atoms with van der Waals surface area (Å²) in [5, 5.41) is 30.3. The van der Waals surface area contributed by atoms with Crippen LogP contribution in [0.2, 0.25) is 0 Å². The minimum absolute atomic E-state index is 0.113. The van der Waals surface area contributed by atoms with Gasteiger partial charge in [0.25, 0.3) is 5.91 Å². The van der Waals surface area contributed by atoms with Gasteiger partial charge in [0, 0.05) is 6.54 Å². The molecule has 0 aliphatic heterocycles. The Balaban J connectivity index is 2.51. The van der Waals surface area contributed by atoms with Crippen molar-refractivity contribution in [3.63, 3.8) is 0 Å². The van der Waals surface area contributed by atoms with Crippen LogP contribution in [0.25, 0.3) is 0 Å². The Morgan fingerprint density at radius 1 is 1.71 bits per heavy atom. The third-order valence-corrected chi connectivity index (χ3v) is 1.92. The maximum atomic E-state index is 11.3. The van der Waals surface area contributed by atoms with Gasteiger partial charge >= 0.3 is 5.95 Å². The van der Waals surface area contributed by atoms with Gasteiger partial charge in [-0.1, -0.05) is 4.98 Å². The lowest BCUT2D eigenvalue weighted by atomic mass is 10.4. The fourth-order valence-corrected chi connectivity index (χ4v) is 1.10. The van der Waals surface area contributed by atoms with Crippen LogP contribution >= 0.6 is 0 Å². The number of hydrogen-bond acceptors (Lipinski definition) is 6. The summed E-state index contributed by atoms with van der Waals surface area (Å²) in [5.41, 5.74) is 0. The molecule has 0 radical (unpaired) electrons. The van der Waals surface area contributed by atoms with Crippen LogP contribution in [-0.2, 0) is 11.3 Å². The molecule has 0 spiro atoms. The van der Waals surface area contributed by atoms with Crippen LogP contribution in [0.3, 0.4) is 0 Å². The van der Waals surface area contributed by atoms with Crippen molar-refractivity contribution in [3.05, 3.63) is 22.5 Å². The summed E-state index contributed by atoms with van der Waals surface area (Å²) in [6.45, 7) is -0.849. The SMILES string of the molecule is O=C(Cn1ccnc1[N+](=O)[O-])NCC(O)CO. The molecule has 0 fully saturated rings. The van der Waals surface area contributed by atoms with Gasteiger partial charge in [-0.05, 0) is 4.92 Å². The zero-order chi connectivity index (χ0) is 12.8. The molecule has 9 heteroatoms. The van der Waals surface area contributed by atoms with Gasteiger partial charge in [0.15, 0.2) is 6.54 Å². The average Bonchev–Trinajstić information content (AvgIpc) is 2.74. The van der Waals surface area contributed by atoms with Crippen LogP contribution in [-0.4, -0.2) is 49.9 Å². The fraction of sp³-hybridized carbons (Fsp3) is 0.500. The first-order chi connectivity index (χ1) is 8.04. The quantitative estimate of drug-likeness (QED) is 0.402. The molecular formula is C8H12N4O5. The highest BCUT2D eigenvalue weighted by molar-refractivity contribution is 5.75. The Hall–Kier alpha value is -2.00. The molecule has 1 unspecified atom stereocenters. The van der Waals surface area contributed by atoms with Crippen molar-refractivity contribution in [2.24, 2.45) is 0 Å². The molecule has 94 valence electrons. The van der Waals surface area contributed by atoms with Crippen LogP contribution in [0.4, 0.5) is 5.95 Å². The topological polar surface area (TPSA) is 131 Å². The van der Waals surface area contributed by atoms with Crippen molar-refractivity contribution in [3.8, 4) is 0 Å². The summed E-state index contributed by atoms with van der Waals surface area (Å²) < 4.78 is 1.07. The third-order valence-electron chi connectivity index (χ3n) is 1.92. The average molecular weight is 244 g/mol. The number of nitrogens with zero attached hydrogens (tertiary/aromatic N) is 3. The van der Waals surface area contributed by atoms with Crippen molar-refractivity contribution < 1.29 is 19.9 Å². The molecule has 0 aromatic carbocycles. The van der Waals surface area contributed by atoms with E-state index < -0.39 is 29.5 Å². The van der Waals surface area contributed by atoms with Gasteiger partial charge in [-0.25, -0.2) is 4.57 Å². The number of hydrogen-bond donors (Lipinski definition) is 3. The van der Waals surface area contributed by atoms with E-state index in [-0.39, 0.29) is 13.1 Å². The van der Waals surface area contributed by atoms with Crippen molar-refractivity contribution >= 4 is 11.9 Å². The Kier molecular flexibility index (Phi) is 4.55. The minimum atomic E-state index is -1.04. The predicted molar refractivity (Wildman–Crippen MR) is 55.0 cm³/mol. The molecule has 1 aromatic heterocycles. The first-order valence-corrected chi connectivity index (χ1v) is 4.75. The second-order valence-corrected chi connectivity index (χ2v) is 3.25. The minimum Gasteiger partial charge on any atom is -0.394 e. The highest BCUT2D eigenvalue weighted by Gasteiger charge is 2.17. The summed E-state index contributed by atoms with van der Waals surface area (Å²) >= 11 is 0. The van der Waals surface area contributed by atoms with Crippen LogP contribution < -0.4 is 5.32 Å². The number of aliphatic hydroxyl groups is 2. The molecule has 0 saturated carbocycles. The summed E-state index contributed by atoms with van der Waals surface area (Å²) in [4.78, 5) is 24.6. The number of imidazole rings is 1. The normalized spacial score (nSPS) is 12.1. The molecule has 17 heavy (non-hydrogen) atoms. The van der Waals surface area contributed by atoms with Gasteiger partial charge in [0.2, 0.25) is 0 Å². The number of aromatic nitrogens is 2. The van der Waals surface area contributed by atoms with E-state index in [1.54, 1.807) is 0 Å². The van der Waals surface area contributed by atoms with Gasteiger partial charge in [0.05, 0.1) is 12.7 Å². The molecule has 1 amide bonds. The predicted octanol–water partition coefficient (Wildman–Crippen LogP) is -1.74. The van der Waals surface area contributed by atoms with E-state index in [1.807, 2.05) is 0 Å². The summed E-state index contributed by atoms with van der Waals surface area (Å²) in [6, 6.07) is 0. The van der Waals surface area contributed by atoms with Gasteiger partial charge in [-0.15, -0.1) is 0 Å². The second-order valence-electron chi connectivity index (χ2n) is 3.25. The molecule has 3 N–H and O–H groups in total. The number of aliphatic hydroxyl groups excluding tert-OH is 2. The van der Waals surface area contributed by atoms with Crippen LogP contribution in [0, 0.1) is 10.1 Å². The molecular weight excluding hydrogens is 232 g/mol. The molecule has 9 nitrogen and oxygen atoms in total. The molecule has 0 saturated heterocycles. The smallest absolute Gasteiger partial charge is 0.394 e.